The van der Waals surface area contributed by atoms with Gasteiger partial charge in [-0.15, -0.1) is 0 Å². The predicted octanol–water partition coefficient (Wildman–Crippen LogP) is 6.73. The number of carbonyl (C=O) groups excluding carboxylic acids is 1. The lowest BCUT2D eigenvalue weighted by Crippen LogP contribution is -2.25. The van der Waals surface area contributed by atoms with Crippen LogP contribution in [0, 0.1) is 5.82 Å². The van der Waals surface area contributed by atoms with Gasteiger partial charge in [0.05, 0.1) is 5.56 Å². The summed E-state index contributed by atoms with van der Waals surface area (Å²) in [4.78, 5) is 16.1. The first kappa shape index (κ1) is 23.5. The van der Waals surface area contributed by atoms with Crippen LogP contribution in [0.2, 0.25) is 0 Å². The number of rotatable bonds is 7. The van der Waals surface area contributed by atoms with Gasteiger partial charge in [0, 0.05) is 36.0 Å². The fraction of sp³-hybridized carbons (Fsp3) is 0.222. The van der Waals surface area contributed by atoms with Crippen molar-refractivity contribution in [2.24, 2.45) is 0 Å². The van der Waals surface area contributed by atoms with Gasteiger partial charge in [0.25, 0.3) is 0 Å². The van der Waals surface area contributed by atoms with Gasteiger partial charge in [-0.05, 0) is 46.9 Å². The van der Waals surface area contributed by atoms with E-state index in [1.165, 1.54) is 18.2 Å². The molecule has 0 saturated heterocycles. The lowest BCUT2D eigenvalue weighted by molar-refractivity contribution is -0.137. The number of aryl methyl sites for hydroxylation is 1. The van der Waals surface area contributed by atoms with Crippen LogP contribution in [0.25, 0.3) is 10.9 Å². The SMILES string of the molecule is CCc1cccc2c([C@H](CC(=O)NCc3ccc(F)cc3)c3cccc(C(F)(F)F)c3)c[nH]c12. The molecule has 0 saturated carbocycles. The molecule has 2 N–H and O–H groups in total. The molecule has 4 rings (SSSR count). The first-order valence-electron chi connectivity index (χ1n) is 11.0. The molecule has 0 bridgehead atoms. The molecule has 0 radical (unpaired) electrons. The van der Waals surface area contributed by atoms with Gasteiger partial charge in [-0.2, -0.15) is 13.2 Å². The van der Waals surface area contributed by atoms with E-state index in [9.17, 15) is 22.4 Å². The second kappa shape index (κ2) is 9.71. The summed E-state index contributed by atoms with van der Waals surface area (Å²) >= 11 is 0. The van der Waals surface area contributed by atoms with Crippen molar-refractivity contribution in [1.29, 1.82) is 0 Å². The number of aromatic amines is 1. The number of benzene rings is 3. The van der Waals surface area contributed by atoms with Crippen LogP contribution in [0.15, 0.2) is 72.9 Å². The quantitative estimate of drug-likeness (QED) is 0.290. The average molecular weight is 468 g/mol. The van der Waals surface area contributed by atoms with Gasteiger partial charge in [-0.3, -0.25) is 4.79 Å². The van der Waals surface area contributed by atoms with Crippen LogP contribution in [-0.2, 0) is 23.9 Å². The number of hydrogen-bond donors (Lipinski definition) is 2. The Balaban J connectivity index is 1.68. The molecule has 34 heavy (non-hydrogen) atoms. The van der Waals surface area contributed by atoms with Gasteiger partial charge < -0.3 is 10.3 Å². The molecule has 0 aliphatic rings. The van der Waals surface area contributed by atoms with Gasteiger partial charge in [0.1, 0.15) is 5.82 Å². The van der Waals surface area contributed by atoms with Crippen LogP contribution >= 0.6 is 0 Å². The van der Waals surface area contributed by atoms with Gasteiger partial charge in [-0.25, -0.2) is 4.39 Å². The van der Waals surface area contributed by atoms with Crippen LogP contribution in [0.5, 0.6) is 0 Å². The lowest BCUT2D eigenvalue weighted by Gasteiger charge is -2.19. The van der Waals surface area contributed by atoms with Crippen molar-refractivity contribution in [3.05, 3.63) is 107 Å². The maximum absolute atomic E-state index is 13.4. The number of nitrogens with one attached hydrogen (secondary N) is 2. The average Bonchev–Trinajstić information content (AvgIpc) is 3.26. The van der Waals surface area contributed by atoms with Crippen LogP contribution in [-0.4, -0.2) is 10.9 Å². The van der Waals surface area contributed by atoms with E-state index < -0.39 is 17.7 Å². The van der Waals surface area contributed by atoms with E-state index in [0.717, 1.165) is 46.1 Å². The largest absolute Gasteiger partial charge is 0.416 e. The predicted molar refractivity (Wildman–Crippen MR) is 124 cm³/mol. The Kier molecular flexibility index (Phi) is 6.72. The monoisotopic (exact) mass is 468 g/mol. The van der Waals surface area contributed by atoms with Crippen molar-refractivity contribution >= 4 is 16.8 Å². The molecule has 7 heteroatoms. The summed E-state index contributed by atoms with van der Waals surface area (Å²) in [7, 11) is 0. The van der Waals surface area contributed by atoms with Crippen LogP contribution < -0.4 is 5.32 Å². The Hall–Kier alpha value is -3.61. The third kappa shape index (κ3) is 5.14. The second-order valence-corrected chi connectivity index (χ2v) is 8.22. The summed E-state index contributed by atoms with van der Waals surface area (Å²) in [6, 6.07) is 16.7. The summed E-state index contributed by atoms with van der Waals surface area (Å²) in [5.41, 5.74) is 3.16. The molecule has 1 amide bonds. The highest BCUT2D eigenvalue weighted by Gasteiger charge is 2.32. The van der Waals surface area contributed by atoms with Gasteiger partial charge >= 0.3 is 6.18 Å². The Morgan fingerprint density at radius 1 is 1.03 bits per heavy atom. The number of H-pyrrole nitrogens is 1. The van der Waals surface area contributed by atoms with Crippen LogP contribution in [0.3, 0.4) is 0 Å². The molecule has 0 spiro atoms. The van der Waals surface area contributed by atoms with E-state index in [2.05, 4.69) is 10.3 Å². The Morgan fingerprint density at radius 3 is 2.47 bits per heavy atom. The fourth-order valence-electron chi connectivity index (χ4n) is 4.22. The Bertz CT molecular complexity index is 1290. The normalized spacial score (nSPS) is 12.6. The van der Waals surface area contributed by atoms with Crippen molar-refractivity contribution in [2.75, 3.05) is 0 Å². The number of para-hydroxylation sites is 1. The smallest absolute Gasteiger partial charge is 0.361 e. The third-order valence-corrected chi connectivity index (χ3v) is 6.00. The zero-order valence-corrected chi connectivity index (χ0v) is 18.5. The number of halogens is 4. The van der Waals surface area contributed by atoms with Crippen molar-refractivity contribution < 1.29 is 22.4 Å². The molecule has 0 fully saturated rings. The van der Waals surface area contributed by atoms with Gasteiger partial charge in [0.15, 0.2) is 0 Å². The zero-order chi connectivity index (χ0) is 24.3. The highest BCUT2D eigenvalue weighted by atomic mass is 19.4. The topological polar surface area (TPSA) is 44.9 Å². The van der Waals surface area contributed by atoms with E-state index in [1.807, 2.05) is 25.1 Å². The second-order valence-electron chi connectivity index (χ2n) is 8.22. The molecule has 0 aliphatic carbocycles. The molecule has 1 heterocycles. The molecule has 0 aliphatic heterocycles. The van der Waals surface area contributed by atoms with Crippen molar-refractivity contribution in [1.82, 2.24) is 10.3 Å². The first-order valence-corrected chi connectivity index (χ1v) is 11.0. The van der Waals surface area contributed by atoms with Crippen molar-refractivity contribution in [3.63, 3.8) is 0 Å². The molecule has 3 nitrogen and oxygen atoms in total. The van der Waals surface area contributed by atoms with E-state index in [-0.39, 0.29) is 24.7 Å². The number of carbonyl (C=O) groups is 1. The molecular weight excluding hydrogens is 444 g/mol. The van der Waals surface area contributed by atoms with E-state index >= 15 is 0 Å². The van der Waals surface area contributed by atoms with Crippen molar-refractivity contribution in [3.8, 4) is 0 Å². The molecule has 4 aromatic rings. The van der Waals surface area contributed by atoms with Crippen molar-refractivity contribution in [2.45, 2.75) is 38.4 Å². The number of fused-ring (bicyclic) bond motifs is 1. The van der Waals surface area contributed by atoms with E-state index in [1.54, 1.807) is 24.4 Å². The van der Waals surface area contributed by atoms with Gasteiger partial charge in [-0.1, -0.05) is 55.5 Å². The lowest BCUT2D eigenvalue weighted by atomic mass is 9.86. The fourth-order valence-corrected chi connectivity index (χ4v) is 4.22. The maximum Gasteiger partial charge on any atom is 0.416 e. The van der Waals surface area contributed by atoms with Gasteiger partial charge in [0.2, 0.25) is 5.91 Å². The third-order valence-electron chi connectivity index (χ3n) is 6.00. The molecular formula is C27H24F4N2O. The minimum absolute atomic E-state index is 0.0359. The number of amides is 1. The number of alkyl halides is 3. The molecule has 1 atom stereocenters. The molecule has 3 aromatic carbocycles. The van der Waals surface area contributed by atoms with Crippen LogP contribution in [0.1, 0.15) is 47.1 Å². The summed E-state index contributed by atoms with van der Waals surface area (Å²) in [6.45, 7) is 2.23. The van der Waals surface area contributed by atoms with Crippen LogP contribution in [0.4, 0.5) is 17.6 Å². The molecule has 1 aromatic heterocycles. The Morgan fingerprint density at radius 2 is 1.76 bits per heavy atom. The van der Waals surface area contributed by atoms with E-state index in [0.29, 0.717) is 5.56 Å². The zero-order valence-electron chi connectivity index (χ0n) is 18.5. The summed E-state index contributed by atoms with van der Waals surface area (Å²) in [6.07, 6.45) is -1.95. The number of hydrogen-bond acceptors (Lipinski definition) is 1. The highest BCUT2D eigenvalue weighted by molar-refractivity contribution is 5.88. The Labute approximate surface area is 194 Å². The first-order chi connectivity index (χ1) is 16.3. The standard InChI is InChI=1S/C27H24F4N2O/c1-2-18-5-4-8-22-24(16-33-26(18)22)23(19-6-3-7-20(13-19)27(29,30)31)14-25(34)32-15-17-9-11-21(28)12-10-17/h3-13,16,23,33H,2,14-15H2,1H3,(H,32,34)/t23-/m1/s1. The molecule has 0 unspecified atom stereocenters. The summed E-state index contributed by atoms with van der Waals surface area (Å²) in [5, 5.41) is 3.68. The minimum atomic E-state index is -4.49. The van der Waals surface area contributed by atoms with E-state index in [4.69, 9.17) is 0 Å². The minimum Gasteiger partial charge on any atom is -0.361 e. The maximum atomic E-state index is 13.4. The number of aromatic nitrogens is 1. The summed E-state index contributed by atoms with van der Waals surface area (Å²) in [5.74, 6) is -1.27. The summed E-state index contributed by atoms with van der Waals surface area (Å²) < 4.78 is 53.4. The molecule has 176 valence electrons. The highest BCUT2D eigenvalue weighted by Crippen LogP contribution is 2.37.